The molecule has 2 atom stereocenters. The van der Waals surface area contributed by atoms with Crippen LogP contribution in [0.5, 0.6) is 11.5 Å². The first-order valence-electron chi connectivity index (χ1n) is 10.1. The van der Waals surface area contributed by atoms with Gasteiger partial charge in [0.2, 0.25) is 11.8 Å². The van der Waals surface area contributed by atoms with Crippen LogP contribution in [0.3, 0.4) is 0 Å². The van der Waals surface area contributed by atoms with Gasteiger partial charge in [-0.2, -0.15) is 0 Å². The molecule has 7 nitrogen and oxygen atoms in total. The number of rotatable bonds is 6. The molecule has 164 valence electrons. The zero-order valence-electron chi connectivity index (χ0n) is 16.8. The average molecular weight is 447 g/mol. The van der Waals surface area contributed by atoms with Gasteiger partial charge in [-0.3, -0.25) is 9.59 Å². The second-order valence-corrected chi connectivity index (χ2v) is 10.2. The van der Waals surface area contributed by atoms with Gasteiger partial charge in [-0.1, -0.05) is 12.1 Å². The lowest BCUT2D eigenvalue weighted by molar-refractivity contribution is -0.130. The van der Waals surface area contributed by atoms with Crippen LogP contribution in [0.15, 0.2) is 48.5 Å². The van der Waals surface area contributed by atoms with Crippen LogP contribution in [-0.4, -0.2) is 49.2 Å². The van der Waals surface area contributed by atoms with Gasteiger partial charge in [-0.05, 0) is 48.4 Å². The van der Waals surface area contributed by atoms with Crippen LogP contribution in [0, 0.1) is 11.7 Å². The predicted molar refractivity (Wildman–Crippen MR) is 112 cm³/mol. The van der Waals surface area contributed by atoms with Crippen LogP contribution in [0.25, 0.3) is 0 Å². The lowest BCUT2D eigenvalue weighted by atomic mass is 10.1. The second kappa shape index (κ2) is 8.66. The number of ether oxygens (including phenoxy) is 1. The van der Waals surface area contributed by atoms with Crippen molar-refractivity contribution >= 4 is 21.7 Å². The van der Waals surface area contributed by atoms with Gasteiger partial charge >= 0.3 is 0 Å². The molecule has 0 bridgehead atoms. The van der Waals surface area contributed by atoms with E-state index in [2.05, 4.69) is 5.32 Å². The fourth-order valence-electron chi connectivity index (χ4n) is 3.93. The Balaban J connectivity index is 1.28. The van der Waals surface area contributed by atoms with E-state index < -0.39 is 15.8 Å². The molecule has 2 fully saturated rings. The van der Waals surface area contributed by atoms with Gasteiger partial charge in [0, 0.05) is 25.6 Å². The third-order valence-electron chi connectivity index (χ3n) is 5.62. The summed E-state index contributed by atoms with van der Waals surface area (Å²) in [5.41, 5.74) is 0.864. The summed E-state index contributed by atoms with van der Waals surface area (Å²) in [4.78, 5) is 26.4. The highest BCUT2D eigenvalue weighted by atomic mass is 32.2. The predicted octanol–water partition coefficient (Wildman–Crippen LogP) is 2.27. The fraction of sp³-hybridized carbons (Fsp3) is 0.364. The standard InChI is InChI=1S/C22H23FN2O5S/c23-17-3-7-20(8-4-17)30-19-5-1-15(2-6-19)12-24-22(27)16-11-21(26)25(13-16)18-9-10-31(28,29)14-18/h1-8,16,18H,9-14H2,(H,24,27)/t16-,18-/m1/s1. The molecule has 31 heavy (non-hydrogen) atoms. The lowest BCUT2D eigenvalue weighted by Crippen LogP contribution is -2.39. The van der Waals surface area contributed by atoms with Crippen molar-refractivity contribution in [2.45, 2.75) is 25.4 Å². The number of carbonyl (C=O) groups excluding carboxylic acids is 2. The Hall–Kier alpha value is -2.94. The number of nitrogens with one attached hydrogen (secondary N) is 1. The van der Waals surface area contributed by atoms with E-state index in [0.29, 0.717) is 24.5 Å². The van der Waals surface area contributed by atoms with E-state index in [-0.39, 0.29) is 48.1 Å². The summed E-state index contributed by atoms with van der Waals surface area (Å²) in [5.74, 6) is 0.000254. The number of halogens is 1. The molecular formula is C22H23FN2O5S. The number of sulfone groups is 1. The summed E-state index contributed by atoms with van der Waals surface area (Å²) in [6.45, 7) is 0.563. The number of nitrogens with zero attached hydrogens (tertiary/aromatic N) is 1. The summed E-state index contributed by atoms with van der Waals surface area (Å²) in [7, 11) is -3.09. The minimum Gasteiger partial charge on any atom is -0.457 e. The number of hydrogen-bond acceptors (Lipinski definition) is 5. The number of amides is 2. The maximum absolute atomic E-state index is 13.0. The molecule has 1 N–H and O–H groups in total. The Morgan fingerprint density at radius 2 is 1.74 bits per heavy atom. The van der Waals surface area contributed by atoms with E-state index in [1.165, 1.54) is 24.3 Å². The topological polar surface area (TPSA) is 92.8 Å². The van der Waals surface area contributed by atoms with Crippen LogP contribution in [0.4, 0.5) is 4.39 Å². The molecule has 4 rings (SSSR count). The van der Waals surface area contributed by atoms with E-state index >= 15 is 0 Å². The zero-order chi connectivity index (χ0) is 22.0. The first-order valence-corrected chi connectivity index (χ1v) is 11.9. The van der Waals surface area contributed by atoms with Crippen molar-refractivity contribution in [3.05, 3.63) is 59.9 Å². The summed E-state index contributed by atoms with van der Waals surface area (Å²) in [5, 5.41) is 2.85. The normalized spacial score (nSPS) is 22.5. The van der Waals surface area contributed by atoms with Crippen molar-refractivity contribution in [3.8, 4) is 11.5 Å². The molecule has 0 spiro atoms. The second-order valence-electron chi connectivity index (χ2n) is 7.92. The molecule has 0 aliphatic carbocycles. The van der Waals surface area contributed by atoms with Gasteiger partial charge in [-0.15, -0.1) is 0 Å². The molecule has 0 aromatic heterocycles. The van der Waals surface area contributed by atoms with Crippen molar-refractivity contribution < 1.29 is 27.1 Å². The molecule has 0 unspecified atom stereocenters. The van der Waals surface area contributed by atoms with Gasteiger partial charge < -0.3 is 15.0 Å². The van der Waals surface area contributed by atoms with Crippen molar-refractivity contribution in [1.29, 1.82) is 0 Å². The molecule has 0 radical (unpaired) electrons. The van der Waals surface area contributed by atoms with Crippen LogP contribution in [0.2, 0.25) is 0 Å². The summed E-state index contributed by atoms with van der Waals surface area (Å²) >= 11 is 0. The van der Waals surface area contributed by atoms with Crippen molar-refractivity contribution in [2.75, 3.05) is 18.1 Å². The zero-order valence-corrected chi connectivity index (χ0v) is 17.6. The van der Waals surface area contributed by atoms with Crippen LogP contribution in [-0.2, 0) is 26.0 Å². The van der Waals surface area contributed by atoms with Gasteiger partial charge in [-0.25, -0.2) is 12.8 Å². The molecule has 2 aromatic carbocycles. The van der Waals surface area contributed by atoms with Gasteiger partial charge in [0.05, 0.1) is 17.4 Å². The molecule has 9 heteroatoms. The number of benzene rings is 2. The maximum atomic E-state index is 13.0. The molecule has 2 aliphatic rings. The fourth-order valence-corrected chi connectivity index (χ4v) is 5.66. The number of likely N-dealkylation sites (tertiary alicyclic amines) is 1. The molecule has 0 saturated carbocycles. The lowest BCUT2D eigenvalue weighted by Gasteiger charge is -2.22. The molecule has 2 heterocycles. The van der Waals surface area contributed by atoms with Crippen molar-refractivity contribution in [2.24, 2.45) is 5.92 Å². The Morgan fingerprint density at radius 3 is 2.35 bits per heavy atom. The van der Waals surface area contributed by atoms with Crippen LogP contribution < -0.4 is 10.1 Å². The van der Waals surface area contributed by atoms with Crippen LogP contribution in [0.1, 0.15) is 18.4 Å². The van der Waals surface area contributed by atoms with Crippen molar-refractivity contribution in [3.63, 3.8) is 0 Å². The number of hydrogen-bond donors (Lipinski definition) is 1. The van der Waals surface area contributed by atoms with Gasteiger partial charge in [0.25, 0.3) is 0 Å². The Bertz CT molecular complexity index is 1070. The number of carbonyl (C=O) groups is 2. The SMILES string of the molecule is O=C(NCc1ccc(Oc2ccc(F)cc2)cc1)[C@@H]1CC(=O)N([C@@H]2CCS(=O)(=O)C2)C1. The maximum Gasteiger partial charge on any atom is 0.225 e. The molecular weight excluding hydrogens is 423 g/mol. The van der Waals surface area contributed by atoms with E-state index in [4.69, 9.17) is 4.74 Å². The third kappa shape index (κ3) is 5.22. The van der Waals surface area contributed by atoms with E-state index in [9.17, 15) is 22.4 Å². The smallest absolute Gasteiger partial charge is 0.225 e. The molecule has 2 aliphatic heterocycles. The summed E-state index contributed by atoms with van der Waals surface area (Å²) in [6.07, 6.45) is 0.543. The van der Waals surface area contributed by atoms with Crippen LogP contribution >= 0.6 is 0 Å². The van der Waals surface area contributed by atoms with Crippen molar-refractivity contribution in [1.82, 2.24) is 10.2 Å². The van der Waals surface area contributed by atoms with E-state index in [1.807, 2.05) is 12.1 Å². The summed E-state index contributed by atoms with van der Waals surface area (Å²) in [6, 6.07) is 12.5. The summed E-state index contributed by atoms with van der Waals surface area (Å²) < 4.78 is 42.0. The first kappa shape index (κ1) is 21.3. The Labute approximate surface area is 180 Å². The minimum atomic E-state index is -3.09. The highest BCUT2D eigenvalue weighted by Gasteiger charge is 2.41. The molecule has 2 saturated heterocycles. The van der Waals surface area contributed by atoms with E-state index in [1.54, 1.807) is 17.0 Å². The minimum absolute atomic E-state index is 0.0145. The quantitative estimate of drug-likeness (QED) is 0.735. The molecule has 2 amide bonds. The monoisotopic (exact) mass is 446 g/mol. The first-order chi connectivity index (χ1) is 14.8. The highest BCUT2D eigenvalue weighted by molar-refractivity contribution is 7.91. The van der Waals surface area contributed by atoms with E-state index in [0.717, 1.165) is 5.56 Å². The third-order valence-corrected chi connectivity index (χ3v) is 7.37. The average Bonchev–Trinajstić information content (AvgIpc) is 3.30. The largest absolute Gasteiger partial charge is 0.457 e. The molecule has 2 aromatic rings. The highest BCUT2D eigenvalue weighted by Crippen LogP contribution is 2.26. The Kier molecular flexibility index (Phi) is 5.95. The Morgan fingerprint density at radius 1 is 1.10 bits per heavy atom. The van der Waals surface area contributed by atoms with Gasteiger partial charge in [0.15, 0.2) is 9.84 Å². The van der Waals surface area contributed by atoms with Gasteiger partial charge in [0.1, 0.15) is 17.3 Å².